The SMILES string of the molecule is CC.CC.CCCC.CCCC.c1ccc2ccccc2c1.c1ccccc1. The molecule has 3 aromatic carbocycles. The van der Waals surface area contributed by atoms with Gasteiger partial charge in [0, 0.05) is 0 Å². The molecule has 3 aromatic rings. The van der Waals surface area contributed by atoms with Crippen LogP contribution >= 0.6 is 0 Å². The van der Waals surface area contributed by atoms with Gasteiger partial charge < -0.3 is 0 Å². The predicted octanol–water partition coefficient (Wildman–Crippen LogP) is 10.2. The summed E-state index contributed by atoms with van der Waals surface area (Å²) in [5.74, 6) is 0. The van der Waals surface area contributed by atoms with Gasteiger partial charge in [-0.05, 0) is 10.8 Å². The second-order valence-electron chi connectivity index (χ2n) is 5.50. The van der Waals surface area contributed by atoms with E-state index in [0.717, 1.165) is 0 Å². The number of rotatable bonds is 2. The van der Waals surface area contributed by atoms with Crippen LogP contribution in [0.4, 0.5) is 0 Å². The summed E-state index contributed by atoms with van der Waals surface area (Å²) < 4.78 is 0. The molecule has 0 aliphatic heterocycles. The smallest absolute Gasteiger partial charge is 0.0184 e. The molecule has 158 valence electrons. The van der Waals surface area contributed by atoms with Gasteiger partial charge in [0.25, 0.3) is 0 Å². The molecular weight excluding hydrogens is 336 g/mol. The molecule has 0 saturated carbocycles. The lowest BCUT2D eigenvalue weighted by Gasteiger charge is -1.92. The second kappa shape index (κ2) is 29.7. The molecule has 0 amide bonds. The minimum Gasteiger partial charge on any atom is -0.0683 e. The van der Waals surface area contributed by atoms with Gasteiger partial charge in [-0.15, -0.1) is 0 Å². The van der Waals surface area contributed by atoms with Crippen molar-refractivity contribution in [3.63, 3.8) is 0 Å². The summed E-state index contributed by atoms with van der Waals surface area (Å²) in [7, 11) is 0. The normalized spacial score (nSPS) is 7.86. The fourth-order valence-electron chi connectivity index (χ4n) is 1.52. The molecule has 3 rings (SSSR count). The zero-order valence-electron chi connectivity index (χ0n) is 19.9. The van der Waals surface area contributed by atoms with Crippen LogP contribution in [0.15, 0.2) is 84.9 Å². The van der Waals surface area contributed by atoms with E-state index in [0.29, 0.717) is 0 Å². The minimum absolute atomic E-state index is 1.31. The van der Waals surface area contributed by atoms with Gasteiger partial charge >= 0.3 is 0 Å². The fourth-order valence-corrected chi connectivity index (χ4v) is 1.52. The van der Waals surface area contributed by atoms with Gasteiger partial charge in [0.1, 0.15) is 0 Å². The molecule has 0 bridgehead atoms. The lowest BCUT2D eigenvalue weighted by molar-refractivity contribution is 0.886. The molecule has 0 radical (unpaired) electrons. The van der Waals surface area contributed by atoms with Gasteiger partial charge in [0.2, 0.25) is 0 Å². The van der Waals surface area contributed by atoms with Crippen molar-refractivity contribution in [1.29, 1.82) is 0 Å². The van der Waals surface area contributed by atoms with Crippen molar-refractivity contribution in [3.8, 4) is 0 Å². The molecule has 0 aromatic heterocycles. The van der Waals surface area contributed by atoms with E-state index in [-0.39, 0.29) is 0 Å². The van der Waals surface area contributed by atoms with Crippen LogP contribution in [0.2, 0.25) is 0 Å². The third-order valence-corrected chi connectivity index (χ3v) is 3.33. The molecule has 0 nitrogen and oxygen atoms in total. The van der Waals surface area contributed by atoms with Crippen molar-refractivity contribution in [2.45, 2.75) is 81.1 Å². The molecule has 0 atom stereocenters. The summed E-state index contributed by atoms with van der Waals surface area (Å²) in [6, 6.07) is 28.7. The Balaban J connectivity index is -0.000000303. The molecule has 0 aliphatic carbocycles. The van der Waals surface area contributed by atoms with E-state index in [4.69, 9.17) is 0 Å². The van der Waals surface area contributed by atoms with Gasteiger partial charge in [-0.3, -0.25) is 0 Å². The first kappa shape index (κ1) is 30.6. The average molecular weight is 383 g/mol. The Kier molecular flexibility index (Phi) is 32.5. The highest BCUT2D eigenvalue weighted by Crippen LogP contribution is 2.11. The third-order valence-electron chi connectivity index (χ3n) is 3.33. The first-order valence-corrected chi connectivity index (χ1v) is 11.2. The van der Waals surface area contributed by atoms with E-state index >= 15 is 0 Å². The lowest BCUT2D eigenvalue weighted by atomic mass is 10.1. The van der Waals surface area contributed by atoms with Crippen molar-refractivity contribution >= 4 is 10.8 Å². The quantitative estimate of drug-likeness (QED) is 0.413. The van der Waals surface area contributed by atoms with Crippen molar-refractivity contribution in [2.75, 3.05) is 0 Å². The maximum absolute atomic E-state index is 2.18. The summed E-state index contributed by atoms with van der Waals surface area (Å²) >= 11 is 0. The second-order valence-corrected chi connectivity index (χ2v) is 5.50. The van der Waals surface area contributed by atoms with Crippen LogP contribution in [0.3, 0.4) is 0 Å². The predicted molar refractivity (Wildman–Crippen MR) is 134 cm³/mol. The first-order chi connectivity index (χ1) is 13.8. The molecular formula is C28H46. The van der Waals surface area contributed by atoms with Gasteiger partial charge in [-0.25, -0.2) is 0 Å². The molecule has 0 aliphatic rings. The largest absolute Gasteiger partial charge is 0.0683 e. The Morgan fingerprint density at radius 1 is 0.357 bits per heavy atom. The first-order valence-electron chi connectivity index (χ1n) is 11.2. The standard InChI is InChI=1S/C10H8.C6H6.2C4H10.2C2H6/c1-2-6-10-8-4-3-7-9(10)5-1;1-2-4-6-5-3-1;2*1-3-4-2;2*1-2/h1-8H;1-6H;2*3-4H2,1-2H3;2*1-2H3. The minimum atomic E-state index is 1.31. The van der Waals surface area contributed by atoms with E-state index in [1.165, 1.54) is 36.5 Å². The molecule has 0 heterocycles. The van der Waals surface area contributed by atoms with Crippen molar-refractivity contribution in [2.24, 2.45) is 0 Å². The van der Waals surface area contributed by atoms with Gasteiger partial charge in [0.05, 0.1) is 0 Å². The zero-order valence-corrected chi connectivity index (χ0v) is 19.9. The Morgan fingerprint density at radius 2 is 0.536 bits per heavy atom. The van der Waals surface area contributed by atoms with E-state index in [2.05, 4.69) is 76.2 Å². The number of hydrogen-bond donors (Lipinski definition) is 0. The molecule has 0 fully saturated rings. The van der Waals surface area contributed by atoms with Gasteiger partial charge in [0.15, 0.2) is 0 Å². The number of unbranched alkanes of at least 4 members (excludes halogenated alkanes) is 2. The molecule has 28 heavy (non-hydrogen) atoms. The maximum Gasteiger partial charge on any atom is -0.0184 e. The van der Waals surface area contributed by atoms with Crippen molar-refractivity contribution in [3.05, 3.63) is 84.9 Å². The Labute approximate surface area is 177 Å². The van der Waals surface area contributed by atoms with E-state index in [1.54, 1.807) is 0 Å². The number of hydrogen-bond acceptors (Lipinski definition) is 0. The zero-order chi connectivity index (χ0) is 21.9. The summed E-state index contributed by atoms with van der Waals surface area (Å²) in [4.78, 5) is 0. The summed E-state index contributed by atoms with van der Waals surface area (Å²) in [6.45, 7) is 16.7. The molecule has 0 unspecified atom stereocenters. The molecule has 0 spiro atoms. The van der Waals surface area contributed by atoms with Crippen LogP contribution in [0, 0.1) is 0 Å². The number of benzene rings is 3. The van der Waals surface area contributed by atoms with E-state index in [1.807, 2.05) is 64.1 Å². The van der Waals surface area contributed by atoms with Crippen LogP contribution in [0.25, 0.3) is 10.8 Å². The lowest BCUT2D eigenvalue weighted by Crippen LogP contribution is -1.67. The molecule has 0 saturated heterocycles. The van der Waals surface area contributed by atoms with Crippen LogP contribution < -0.4 is 0 Å². The maximum atomic E-state index is 2.18. The fraction of sp³-hybridized carbons (Fsp3) is 0.429. The van der Waals surface area contributed by atoms with Crippen molar-refractivity contribution in [1.82, 2.24) is 0 Å². The van der Waals surface area contributed by atoms with Crippen LogP contribution in [0.1, 0.15) is 81.1 Å². The highest BCUT2D eigenvalue weighted by molar-refractivity contribution is 5.81. The summed E-state index contributed by atoms with van der Waals surface area (Å²) in [6.07, 6.45) is 5.28. The van der Waals surface area contributed by atoms with Crippen LogP contribution in [-0.4, -0.2) is 0 Å². The Bertz CT molecular complexity index is 484. The van der Waals surface area contributed by atoms with Crippen LogP contribution in [0.5, 0.6) is 0 Å². The average Bonchev–Trinajstić information content (AvgIpc) is 2.83. The van der Waals surface area contributed by atoms with Crippen molar-refractivity contribution < 1.29 is 0 Å². The summed E-state index contributed by atoms with van der Waals surface area (Å²) in [5, 5.41) is 2.62. The van der Waals surface area contributed by atoms with Gasteiger partial charge in [-0.2, -0.15) is 0 Å². The Hall–Kier alpha value is -2.08. The number of fused-ring (bicyclic) bond motifs is 1. The molecule has 0 N–H and O–H groups in total. The van der Waals surface area contributed by atoms with Gasteiger partial charge in [-0.1, -0.05) is 166 Å². The monoisotopic (exact) mass is 382 g/mol. The molecule has 0 heteroatoms. The highest BCUT2D eigenvalue weighted by Gasteiger charge is 1.85. The Morgan fingerprint density at radius 3 is 0.679 bits per heavy atom. The van der Waals surface area contributed by atoms with E-state index < -0.39 is 0 Å². The van der Waals surface area contributed by atoms with E-state index in [9.17, 15) is 0 Å². The topological polar surface area (TPSA) is 0 Å². The third kappa shape index (κ3) is 22.0. The highest BCUT2D eigenvalue weighted by atomic mass is 13.9. The van der Waals surface area contributed by atoms with Crippen LogP contribution in [-0.2, 0) is 0 Å². The summed E-state index contributed by atoms with van der Waals surface area (Å²) in [5.41, 5.74) is 0.